The third-order valence-corrected chi connectivity index (χ3v) is 4.70. The molecule has 1 nitrogen and oxygen atoms in total. The lowest BCUT2D eigenvalue weighted by atomic mass is 9.68. The Balaban J connectivity index is 1.96. The number of rotatable bonds is 2. The van der Waals surface area contributed by atoms with Gasteiger partial charge in [-0.15, -0.1) is 0 Å². The first-order chi connectivity index (χ1) is 7.29. The van der Waals surface area contributed by atoms with Crippen molar-refractivity contribution in [3.63, 3.8) is 0 Å². The third kappa shape index (κ3) is 2.75. The Kier molecular flexibility index (Phi) is 4.07. The standard InChI is InChI=1S/C14H27N/c1-11(2)14-10-15-9-8-13(14)12-6-4-3-5-7-12/h11-15H,3-10H2,1-2H3. The molecule has 2 rings (SSSR count). The second-order valence-electron chi connectivity index (χ2n) is 5.96. The van der Waals surface area contributed by atoms with Crippen LogP contribution in [0.5, 0.6) is 0 Å². The van der Waals surface area contributed by atoms with Crippen molar-refractivity contribution >= 4 is 0 Å². The van der Waals surface area contributed by atoms with E-state index in [1.807, 2.05) is 0 Å². The van der Waals surface area contributed by atoms with Gasteiger partial charge in [-0.25, -0.2) is 0 Å². The van der Waals surface area contributed by atoms with Crippen molar-refractivity contribution < 1.29 is 0 Å². The summed E-state index contributed by atoms with van der Waals surface area (Å²) in [5.41, 5.74) is 0. The maximum atomic E-state index is 3.59. The zero-order chi connectivity index (χ0) is 10.7. The van der Waals surface area contributed by atoms with Gasteiger partial charge in [-0.1, -0.05) is 46.0 Å². The third-order valence-electron chi connectivity index (χ3n) is 4.70. The summed E-state index contributed by atoms with van der Waals surface area (Å²) in [6, 6.07) is 0. The number of piperidine rings is 1. The Labute approximate surface area is 95.0 Å². The summed E-state index contributed by atoms with van der Waals surface area (Å²) in [7, 11) is 0. The van der Waals surface area contributed by atoms with Gasteiger partial charge in [-0.05, 0) is 43.2 Å². The average Bonchev–Trinajstić information content (AvgIpc) is 2.30. The van der Waals surface area contributed by atoms with Gasteiger partial charge in [-0.2, -0.15) is 0 Å². The molecule has 0 bridgehead atoms. The van der Waals surface area contributed by atoms with Gasteiger partial charge in [0.05, 0.1) is 0 Å². The molecule has 15 heavy (non-hydrogen) atoms. The van der Waals surface area contributed by atoms with Crippen LogP contribution in [0.4, 0.5) is 0 Å². The van der Waals surface area contributed by atoms with Crippen LogP contribution in [-0.4, -0.2) is 13.1 Å². The van der Waals surface area contributed by atoms with Gasteiger partial charge in [0, 0.05) is 0 Å². The molecule has 1 heterocycles. The number of hydrogen-bond donors (Lipinski definition) is 1. The Morgan fingerprint density at radius 3 is 2.40 bits per heavy atom. The molecule has 2 unspecified atom stereocenters. The fraction of sp³-hybridized carbons (Fsp3) is 1.00. The van der Waals surface area contributed by atoms with Crippen molar-refractivity contribution in [2.24, 2.45) is 23.7 Å². The molecular formula is C14H27N. The topological polar surface area (TPSA) is 12.0 Å². The zero-order valence-electron chi connectivity index (χ0n) is 10.5. The smallest absolute Gasteiger partial charge is 0.00153 e. The second-order valence-corrected chi connectivity index (χ2v) is 5.96. The first-order valence-electron chi connectivity index (χ1n) is 6.99. The first-order valence-corrected chi connectivity index (χ1v) is 6.99. The van der Waals surface area contributed by atoms with E-state index in [4.69, 9.17) is 0 Å². The highest BCUT2D eigenvalue weighted by Crippen LogP contribution is 2.39. The summed E-state index contributed by atoms with van der Waals surface area (Å²) in [6.45, 7) is 7.37. The van der Waals surface area contributed by atoms with Crippen molar-refractivity contribution in [3.05, 3.63) is 0 Å². The molecule has 1 N–H and O–H groups in total. The van der Waals surface area contributed by atoms with Crippen LogP contribution in [0.2, 0.25) is 0 Å². The molecule has 1 aliphatic carbocycles. The second kappa shape index (κ2) is 5.34. The highest BCUT2D eigenvalue weighted by Gasteiger charge is 2.33. The monoisotopic (exact) mass is 209 g/mol. The highest BCUT2D eigenvalue weighted by molar-refractivity contribution is 4.85. The molecule has 2 fully saturated rings. The van der Waals surface area contributed by atoms with Crippen LogP contribution in [0.25, 0.3) is 0 Å². The van der Waals surface area contributed by atoms with E-state index in [0.29, 0.717) is 0 Å². The average molecular weight is 209 g/mol. The molecule has 1 aliphatic heterocycles. The van der Waals surface area contributed by atoms with Crippen LogP contribution < -0.4 is 5.32 Å². The molecule has 2 aliphatic rings. The summed E-state index contributed by atoms with van der Waals surface area (Å²) in [5, 5.41) is 3.59. The van der Waals surface area contributed by atoms with Gasteiger partial charge < -0.3 is 5.32 Å². The normalized spacial score (nSPS) is 34.6. The van der Waals surface area contributed by atoms with Crippen molar-refractivity contribution in [1.29, 1.82) is 0 Å². The Morgan fingerprint density at radius 2 is 1.73 bits per heavy atom. The van der Waals surface area contributed by atoms with Crippen LogP contribution in [0, 0.1) is 23.7 Å². The summed E-state index contributed by atoms with van der Waals surface area (Å²) in [6.07, 6.45) is 8.97. The Bertz CT molecular complexity index is 182. The van der Waals surface area contributed by atoms with Crippen LogP contribution >= 0.6 is 0 Å². The number of nitrogens with one attached hydrogen (secondary N) is 1. The highest BCUT2D eigenvalue weighted by atomic mass is 14.9. The fourth-order valence-corrected chi connectivity index (χ4v) is 3.78. The molecule has 0 aromatic heterocycles. The summed E-state index contributed by atoms with van der Waals surface area (Å²) < 4.78 is 0. The molecule has 0 radical (unpaired) electrons. The first kappa shape index (κ1) is 11.4. The number of hydrogen-bond acceptors (Lipinski definition) is 1. The lowest BCUT2D eigenvalue weighted by molar-refractivity contribution is 0.108. The maximum absolute atomic E-state index is 3.59. The summed E-state index contributed by atoms with van der Waals surface area (Å²) in [5.74, 6) is 3.91. The van der Waals surface area contributed by atoms with E-state index >= 15 is 0 Å². The minimum Gasteiger partial charge on any atom is -0.316 e. The molecule has 0 aromatic rings. The molecule has 88 valence electrons. The van der Waals surface area contributed by atoms with Gasteiger partial charge >= 0.3 is 0 Å². The van der Waals surface area contributed by atoms with E-state index in [0.717, 1.165) is 23.7 Å². The molecular weight excluding hydrogens is 182 g/mol. The summed E-state index contributed by atoms with van der Waals surface area (Å²) >= 11 is 0. The lowest BCUT2D eigenvalue weighted by Gasteiger charge is -2.41. The van der Waals surface area contributed by atoms with Gasteiger partial charge in [0.2, 0.25) is 0 Å². The van der Waals surface area contributed by atoms with E-state index in [9.17, 15) is 0 Å². The van der Waals surface area contributed by atoms with E-state index in [1.54, 1.807) is 0 Å². The molecule has 0 aromatic carbocycles. The molecule has 0 spiro atoms. The van der Waals surface area contributed by atoms with Crippen LogP contribution in [0.1, 0.15) is 52.4 Å². The van der Waals surface area contributed by atoms with Gasteiger partial charge in [-0.3, -0.25) is 0 Å². The molecule has 2 atom stereocenters. The maximum Gasteiger partial charge on any atom is -0.00153 e. The van der Waals surface area contributed by atoms with Crippen LogP contribution in [0.3, 0.4) is 0 Å². The summed E-state index contributed by atoms with van der Waals surface area (Å²) in [4.78, 5) is 0. The quantitative estimate of drug-likeness (QED) is 0.734. The lowest BCUT2D eigenvalue weighted by Crippen LogP contribution is -2.42. The predicted octanol–water partition coefficient (Wildman–Crippen LogP) is 3.45. The van der Waals surface area contributed by atoms with Gasteiger partial charge in [0.25, 0.3) is 0 Å². The van der Waals surface area contributed by atoms with Crippen molar-refractivity contribution in [3.8, 4) is 0 Å². The SMILES string of the molecule is CC(C)C1CNCCC1C1CCCCC1. The molecule has 0 amide bonds. The van der Waals surface area contributed by atoms with Crippen LogP contribution in [0.15, 0.2) is 0 Å². The molecule has 1 saturated carbocycles. The Morgan fingerprint density at radius 1 is 1.00 bits per heavy atom. The van der Waals surface area contributed by atoms with E-state index < -0.39 is 0 Å². The zero-order valence-corrected chi connectivity index (χ0v) is 10.5. The predicted molar refractivity (Wildman–Crippen MR) is 65.9 cm³/mol. The van der Waals surface area contributed by atoms with Gasteiger partial charge in [0.1, 0.15) is 0 Å². The molecule has 1 saturated heterocycles. The minimum atomic E-state index is 0.865. The largest absolute Gasteiger partial charge is 0.316 e. The van der Waals surface area contributed by atoms with Crippen molar-refractivity contribution in [1.82, 2.24) is 5.32 Å². The van der Waals surface area contributed by atoms with Crippen molar-refractivity contribution in [2.45, 2.75) is 52.4 Å². The Hall–Kier alpha value is -0.0400. The van der Waals surface area contributed by atoms with E-state index in [1.165, 1.54) is 51.6 Å². The van der Waals surface area contributed by atoms with E-state index in [-0.39, 0.29) is 0 Å². The minimum absolute atomic E-state index is 0.865. The molecule has 1 heteroatoms. The van der Waals surface area contributed by atoms with Crippen molar-refractivity contribution in [2.75, 3.05) is 13.1 Å². The van der Waals surface area contributed by atoms with E-state index in [2.05, 4.69) is 19.2 Å². The van der Waals surface area contributed by atoms with Gasteiger partial charge in [0.15, 0.2) is 0 Å². The fourth-order valence-electron chi connectivity index (χ4n) is 3.78. The van der Waals surface area contributed by atoms with Crippen LogP contribution in [-0.2, 0) is 0 Å².